The van der Waals surface area contributed by atoms with Crippen LogP contribution in [0.4, 0.5) is 17.2 Å². The van der Waals surface area contributed by atoms with Gasteiger partial charge in [0.2, 0.25) is 5.91 Å². The van der Waals surface area contributed by atoms with Crippen molar-refractivity contribution in [1.82, 2.24) is 20.1 Å². The molecule has 11 heteroatoms. The Morgan fingerprint density at radius 2 is 2.03 bits per heavy atom. The number of methoxy groups -OCH3 is 1. The molecule has 4 rings (SSSR count). The number of anilines is 3. The van der Waals surface area contributed by atoms with Crippen molar-refractivity contribution in [3.05, 3.63) is 42.7 Å². The lowest BCUT2D eigenvalue weighted by Gasteiger charge is -2.21. The first-order valence-electron chi connectivity index (χ1n) is 10.4. The van der Waals surface area contributed by atoms with Gasteiger partial charge in [0, 0.05) is 41.4 Å². The van der Waals surface area contributed by atoms with Crippen molar-refractivity contribution in [2.75, 3.05) is 17.7 Å². The highest BCUT2D eigenvalue weighted by Crippen LogP contribution is 2.37. The molecule has 0 bridgehead atoms. The standard InChI is InChI=1S/C22H26N6O5/c1-4-28-19-14(10-24-28)7-8-16(20(19)33-3)25-17-9-18(26-21(29)13-5-6-13)23-11-15(17)12(2)27-22(30,31)32/h7-11,13,27,30-32H,2,4-6H2,1,3H3,(H2,23,25,26,29). The number of carbonyl (C=O) groups is 1. The number of nitrogens with one attached hydrogen (secondary N) is 3. The first kappa shape index (κ1) is 22.5. The van der Waals surface area contributed by atoms with Crippen molar-refractivity contribution in [2.24, 2.45) is 5.92 Å². The van der Waals surface area contributed by atoms with Gasteiger partial charge in [-0.3, -0.25) is 9.48 Å². The van der Waals surface area contributed by atoms with E-state index in [9.17, 15) is 20.1 Å². The number of ether oxygens (including phenoxy) is 1. The van der Waals surface area contributed by atoms with E-state index in [1.165, 1.54) is 6.20 Å². The number of aromatic nitrogens is 3. The van der Waals surface area contributed by atoms with Crippen LogP contribution in [0.15, 0.2) is 37.2 Å². The van der Waals surface area contributed by atoms with Crippen LogP contribution in [0.3, 0.4) is 0 Å². The van der Waals surface area contributed by atoms with Crippen LogP contribution in [0.1, 0.15) is 25.3 Å². The number of rotatable bonds is 9. The van der Waals surface area contributed by atoms with Crippen LogP contribution in [-0.2, 0) is 11.3 Å². The number of carbonyl (C=O) groups excluding carboxylic acids is 1. The maximum atomic E-state index is 12.2. The maximum absolute atomic E-state index is 12.2. The Bertz CT molecular complexity index is 1210. The number of aryl methyl sites for hydroxylation is 1. The van der Waals surface area contributed by atoms with Gasteiger partial charge < -0.3 is 36.0 Å². The molecule has 1 fully saturated rings. The van der Waals surface area contributed by atoms with Crippen LogP contribution < -0.4 is 20.7 Å². The van der Waals surface area contributed by atoms with Crippen LogP contribution in [0, 0.1) is 5.92 Å². The van der Waals surface area contributed by atoms with E-state index in [-0.39, 0.29) is 17.5 Å². The molecule has 11 nitrogen and oxygen atoms in total. The normalized spacial score (nSPS) is 13.6. The fourth-order valence-corrected chi connectivity index (χ4v) is 3.55. The van der Waals surface area contributed by atoms with E-state index >= 15 is 0 Å². The molecule has 2 heterocycles. The monoisotopic (exact) mass is 454 g/mol. The molecule has 0 aliphatic heterocycles. The van der Waals surface area contributed by atoms with Gasteiger partial charge in [-0.15, -0.1) is 0 Å². The van der Waals surface area contributed by atoms with E-state index in [4.69, 9.17) is 4.74 Å². The third-order valence-electron chi connectivity index (χ3n) is 5.28. The highest BCUT2D eigenvalue weighted by Gasteiger charge is 2.30. The molecule has 3 aromatic rings. The smallest absolute Gasteiger partial charge is 0.367 e. The second-order valence-corrected chi connectivity index (χ2v) is 7.79. The van der Waals surface area contributed by atoms with E-state index in [0.29, 0.717) is 35.1 Å². The van der Waals surface area contributed by atoms with Crippen molar-refractivity contribution >= 4 is 39.7 Å². The van der Waals surface area contributed by atoms with Crippen molar-refractivity contribution < 1.29 is 24.9 Å². The number of hydrogen-bond donors (Lipinski definition) is 6. The van der Waals surface area contributed by atoms with Gasteiger partial charge >= 0.3 is 6.10 Å². The largest absolute Gasteiger partial charge is 0.492 e. The summed E-state index contributed by atoms with van der Waals surface area (Å²) in [7, 11) is 1.56. The van der Waals surface area contributed by atoms with Gasteiger partial charge in [0.05, 0.1) is 24.7 Å². The number of aliphatic hydroxyl groups is 3. The minimum Gasteiger partial charge on any atom is -0.492 e. The number of nitrogens with zero attached hydrogens (tertiary/aromatic N) is 3. The fourth-order valence-electron chi connectivity index (χ4n) is 3.55. The molecular formula is C22H26N6O5. The number of benzene rings is 1. The molecular weight excluding hydrogens is 428 g/mol. The van der Waals surface area contributed by atoms with Crippen LogP contribution in [0.25, 0.3) is 16.6 Å². The summed E-state index contributed by atoms with van der Waals surface area (Å²) < 4.78 is 7.49. The third-order valence-corrected chi connectivity index (χ3v) is 5.28. The van der Waals surface area contributed by atoms with Gasteiger partial charge in [0.25, 0.3) is 0 Å². The van der Waals surface area contributed by atoms with Gasteiger partial charge in [0.15, 0.2) is 5.75 Å². The molecule has 2 aromatic heterocycles. The molecule has 1 amide bonds. The molecule has 0 spiro atoms. The van der Waals surface area contributed by atoms with Crippen LogP contribution >= 0.6 is 0 Å². The first-order chi connectivity index (χ1) is 15.7. The van der Waals surface area contributed by atoms with Gasteiger partial charge in [-0.05, 0) is 31.9 Å². The lowest BCUT2D eigenvalue weighted by molar-refractivity contribution is -0.322. The Morgan fingerprint density at radius 1 is 1.27 bits per heavy atom. The Morgan fingerprint density at radius 3 is 2.67 bits per heavy atom. The van der Waals surface area contributed by atoms with Gasteiger partial charge in [-0.2, -0.15) is 5.10 Å². The summed E-state index contributed by atoms with van der Waals surface area (Å²) in [4.78, 5) is 16.4. The lowest BCUT2D eigenvalue weighted by atomic mass is 10.1. The van der Waals surface area contributed by atoms with E-state index < -0.39 is 6.10 Å². The zero-order valence-corrected chi connectivity index (χ0v) is 18.3. The Balaban J connectivity index is 1.75. The average molecular weight is 454 g/mol. The summed E-state index contributed by atoms with van der Waals surface area (Å²) in [5, 5.41) is 41.3. The molecule has 1 saturated carbocycles. The SMILES string of the molecule is C=C(NC(O)(O)O)c1cnc(NC(=O)C2CC2)cc1Nc1ccc2cnn(CC)c2c1OC. The quantitative estimate of drug-likeness (QED) is 0.265. The number of hydrogen-bond acceptors (Lipinski definition) is 9. The predicted molar refractivity (Wildman–Crippen MR) is 122 cm³/mol. The minimum absolute atomic E-state index is 0.00451. The summed E-state index contributed by atoms with van der Waals surface area (Å²) in [5.74, 6) is 0.754. The number of fused-ring (bicyclic) bond motifs is 1. The molecule has 1 aliphatic rings. The van der Waals surface area contributed by atoms with E-state index in [2.05, 4.69) is 32.6 Å². The molecule has 0 atom stereocenters. The molecule has 6 N–H and O–H groups in total. The third kappa shape index (κ3) is 4.90. The zero-order chi connectivity index (χ0) is 23.8. The van der Waals surface area contributed by atoms with Crippen LogP contribution in [0.5, 0.6) is 5.75 Å². The summed E-state index contributed by atoms with van der Waals surface area (Å²) in [5.41, 5.74) is 2.14. The highest BCUT2D eigenvalue weighted by molar-refractivity contribution is 5.95. The van der Waals surface area contributed by atoms with Crippen LogP contribution in [0.2, 0.25) is 0 Å². The lowest BCUT2D eigenvalue weighted by Crippen LogP contribution is -2.43. The van der Waals surface area contributed by atoms with Crippen molar-refractivity contribution in [3.8, 4) is 5.75 Å². The fraction of sp³-hybridized carbons (Fsp3) is 0.318. The molecule has 0 unspecified atom stereocenters. The molecule has 33 heavy (non-hydrogen) atoms. The van der Waals surface area contributed by atoms with Crippen molar-refractivity contribution in [3.63, 3.8) is 0 Å². The van der Waals surface area contributed by atoms with E-state index in [1.54, 1.807) is 19.4 Å². The Labute approximate surface area is 189 Å². The van der Waals surface area contributed by atoms with E-state index in [1.807, 2.05) is 23.7 Å². The molecule has 1 aromatic carbocycles. The number of amides is 1. The van der Waals surface area contributed by atoms with Gasteiger partial charge in [0.1, 0.15) is 11.3 Å². The summed E-state index contributed by atoms with van der Waals surface area (Å²) in [6.07, 6.45) is 1.68. The first-order valence-corrected chi connectivity index (χ1v) is 10.4. The highest BCUT2D eigenvalue weighted by atomic mass is 16.7. The number of pyridine rings is 1. The molecule has 1 aliphatic carbocycles. The maximum Gasteiger partial charge on any atom is 0.367 e. The molecule has 0 radical (unpaired) electrons. The Kier molecular flexibility index (Phi) is 5.93. The molecule has 174 valence electrons. The second-order valence-electron chi connectivity index (χ2n) is 7.79. The van der Waals surface area contributed by atoms with Gasteiger partial charge in [-0.25, -0.2) is 4.98 Å². The zero-order valence-electron chi connectivity index (χ0n) is 18.3. The predicted octanol–water partition coefficient (Wildman–Crippen LogP) is 1.70. The summed E-state index contributed by atoms with van der Waals surface area (Å²) >= 11 is 0. The van der Waals surface area contributed by atoms with Crippen molar-refractivity contribution in [1.29, 1.82) is 0 Å². The summed E-state index contributed by atoms with van der Waals surface area (Å²) in [6.45, 7) is 6.37. The minimum atomic E-state index is -3.17. The topological polar surface area (TPSA) is 154 Å². The van der Waals surface area contributed by atoms with Crippen molar-refractivity contribution in [2.45, 2.75) is 32.4 Å². The van der Waals surface area contributed by atoms with Crippen LogP contribution in [-0.4, -0.2) is 49.2 Å². The molecule has 0 saturated heterocycles. The average Bonchev–Trinajstić information content (AvgIpc) is 3.52. The summed E-state index contributed by atoms with van der Waals surface area (Å²) in [6, 6.07) is 5.31. The van der Waals surface area contributed by atoms with E-state index in [0.717, 1.165) is 23.7 Å². The Hall–Kier alpha value is -3.67. The second kappa shape index (κ2) is 8.70. The van der Waals surface area contributed by atoms with Gasteiger partial charge in [-0.1, -0.05) is 6.58 Å².